The Hall–Kier alpha value is -3.69. The maximum Gasteiger partial charge on any atom is 0.335 e. The van der Waals surface area contributed by atoms with E-state index in [2.05, 4.69) is 15.5 Å². The van der Waals surface area contributed by atoms with Crippen molar-refractivity contribution in [2.45, 2.75) is 46.6 Å². The zero-order valence-corrected chi connectivity index (χ0v) is 23.3. The second-order valence-corrected chi connectivity index (χ2v) is 9.93. The summed E-state index contributed by atoms with van der Waals surface area (Å²) in [5, 5.41) is 27.4. The molecular formula is C24H35N5O9S. The zero-order valence-electron chi connectivity index (χ0n) is 22.5. The molecule has 0 radical (unpaired) electrons. The van der Waals surface area contributed by atoms with Gasteiger partial charge in [-0.15, -0.1) is 0 Å². The highest BCUT2D eigenvalue weighted by Crippen LogP contribution is 2.38. The molecule has 0 spiro atoms. The van der Waals surface area contributed by atoms with E-state index in [1.54, 1.807) is 32.9 Å². The molecule has 5 N–H and O–H groups in total. The number of carboxylic acids is 1. The highest BCUT2D eigenvalue weighted by atomic mass is 32.1. The molecular weight excluding hydrogens is 534 g/mol. The Labute approximate surface area is 230 Å². The Balaban J connectivity index is 0.000000429. The summed E-state index contributed by atoms with van der Waals surface area (Å²) in [6.45, 7) is 6.22. The number of nitrogens with two attached hydrogens (primary N) is 1. The molecule has 1 heterocycles. The second kappa shape index (κ2) is 15.0. The van der Waals surface area contributed by atoms with E-state index in [0.29, 0.717) is 5.69 Å². The van der Waals surface area contributed by atoms with Crippen LogP contribution in [0.3, 0.4) is 0 Å². The van der Waals surface area contributed by atoms with Crippen molar-refractivity contribution in [2.75, 3.05) is 26.9 Å². The minimum absolute atomic E-state index is 0.00569. The second-order valence-electron chi connectivity index (χ2n) is 9.57. The molecule has 39 heavy (non-hydrogen) atoms. The van der Waals surface area contributed by atoms with Crippen molar-refractivity contribution < 1.29 is 43.6 Å². The summed E-state index contributed by atoms with van der Waals surface area (Å²) in [5.74, 6) is -2.87. The number of aromatic nitrogens is 4. The summed E-state index contributed by atoms with van der Waals surface area (Å²) < 4.78 is 16.7. The first-order chi connectivity index (χ1) is 18.2. The molecule has 2 rings (SSSR count). The van der Waals surface area contributed by atoms with Crippen LogP contribution in [0.25, 0.3) is 5.69 Å². The summed E-state index contributed by atoms with van der Waals surface area (Å²) in [5.41, 5.74) is 3.67. The fraction of sp³-hybridized carbons (Fsp3) is 0.542. The van der Waals surface area contributed by atoms with Crippen LogP contribution in [0, 0.1) is 15.6 Å². The molecule has 0 bridgehead atoms. The van der Waals surface area contributed by atoms with Crippen LogP contribution in [0.2, 0.25) is 0 Å². The summed E-state index contributed by atoms with van der Waals surface area (Å²) in [4.78, 5) is 46.7. The average molecular weight is 570 g/mol. The molecule has 0 aliphatic rings. The number of ether oxygens (including phenoxy) is 3. The number of tetrazole rings is 1. The normalized spacial score (nSPS) is 13.3. The van der Waals surface area contributed by atoms with Crippen molar-refractivity contribution in [3.8, 4) is 5.69 Å². The Bertz CT molecular complexity index is 1200. The predicted molar refractivity (Wildman–Crippen MR) is 139 cm³/mol. The number of hydrogen-bond donors (Lipinski definition) is 4. The first-order valence-electron chi connectivity index (χ1n) is 11.8. The van der Waals surface area contributed by atoms with Gasteiger partial charge in [0.15, 0.2) is 0 Å². The first kappa shape index (κ1) is 33.3. The molecule has 2 unspecified atom stereocenters. The molecule has 14 nitrogen and oxygen atoms in total. The third-order valence-electron chi connectivity index (χ3n) is 5.35. The minimum atomic E-state index is -1.27. The number of nitrogens with one attached hydrogen (secondary N) is 1. The number of hydrogen-bond acceptors (Lipinski definition) is 11. The Morgan fingerprint density at radius 1 is 1.18 bits per heavy atom. The van der Waals surface area contributed by atoms with Gasteiger partial charge in [0.05, 0.1) is 35.3 Å². The van der Waals surface area contributed by atoms with Gasteiger partial charge in [0, 0.05) is 13.5 Å². The number of primary amides is 1. The van der Waals surface area contributed by atoms with Crippen LogP contribution in [0.1, 0.15) is 50.9 Å². The number of aliphatic hydroxyl groups is 1. The largest absolute Gasteiger partial charge is 0.478 e. The number of aromatic carboxylic acids is 1. The fourth-order valence-electron chi connectivity index (χ4n) is 3.55. The van der Waals surface area contributed by atoms with E-state index in [-0.39, 0.29) is 43.0 Å². The minimum Gasteiger partial charge on any atom is -0.478 e. The van der Waals surface area contributed by atoms with Gasteiger partial charge in [-0.2, -0.15) is 5.21 Å². The molecule has 1 aromatic carbocycles. The van der Waals surface area contributed by atoms with Gasteiger partial charge in [-0.25, -0.2) is 9.48 Å². The van der Waals surface area contributed by atoms with Gasteiger partial charge in [0.25, 0.3) is 0 Å². The van der Waals surface area contributed by atoms with E-state index in [1.165, 1.54) is 30.8 Å². The van der Waals surface area contributed by atoms with Crippen molar-refractivity contribution >= 4 is 36.0 Å². The maximum atomic E-state index is 12.4. The third-order valence-corrected chi connectivity index (χ3v) is 5.61. The third kappa shape index (κ3) is 10.5. The number of H-pyrrole nitrogens is 1. The van der Waals surface area contributed by atoms with Gasteiger partial charge in [0.1, 0.15) is 12.7 Å². The lowest BCUT2D eigenvalue weighted by Crippen LogP contribution is -2.42. The van der Waals surface area contributed by atoms with Gasteiger partial charge in [-0.3, -0.25) is 14.4 Å². The summed E-state index contributed by atoms with van der Waals surface area (Å²) in [6.07, 6.45) is -0.913. The molecule has 0 saturated heterocycles. The Morgan fingerprint density at radius 3 is 2.36 bits per heavy atom. The lowest BCUT2D eigenvalue weighted by atomic mass is 9.72. The predicted octanol–water partition coefficient (Wildman–Crippen LogP) is 1.42. The average Bonchev–Trinajstić information content (AvgIpc) is 3.29. The van der Waals surface area contributed by atoms with Crippen molar-refractivity contribution in [3.05, 3.63) is 34.6 Å². The van der Waals surface area contributed by atoms with E-state index in [1.807, 2.05) is 0 Å². The van der Waals surface area contributed by atoms with Gasteiger partial charge < -0.3 is 30.2 Å². The molecule has 1 aromatic heterocycles. The van der Waals surface area contributed by atoms with E-state index in [9.17, 15) is 19.2 Å². The quantitative estimate of drug-likeness (QED) is 0.153. The first-order valence-corrected chi connectivity index (χ1v) is 12.2. The maximum absolute atomic E-state index is 12.4. The molecule has 1 amide bonds. The van der Waals surface area contributed by atoms with E-state index < -0.39 is 40.7 Å². The summed E-state index contributed by atoms with van der Waals surface area (Å²) >= 11 is 4.89. The van der Waals surface area contributed by atoms with Crippen LogP contribution in [-0.4, -0.2) is 87.3 Å². The number of carbonyl (C=O) groups excluding carboxylic acids is 3. The Kier molecular flexibility index (Phi) is 12.9. The van der Waals surface area contributed by atoms with Crippen molar-refractivity contribution in [1.82, 2.24) is 20.2 Å². The number of nitrogens with zero attached hydrogens (tertiary/aromatic N) is 3. The standard InChI is InChI=1S/C16H29NO7.C8H6N4O2S/c1-11(9-18)24-13(20)15(2,3)10-16(4,8-12(17)19)14(21)23-7-6-22-5;13-7(14)5-2-1-3-6(4-5)12-8(15)9-10-11-12/h11,18H,6-10H2,1-5H3,(H2,17,19);1-4H,(H,13,14)(H,9,11,15). The molecule has 0 fully saturated rings. The number of aromatic amines is 1. The number of rotatable bonds is 13. The molecule has 0 saturated carbocycles. The van der Waals surface area contributed by atoms with Crippen molar-refractivity contribution in [3.63, 3.8) is 0 Å². The lowest BCUT2D eigenvalue weighted by Gasteiger charge is -2.34. The zero-order chi connectivity index (χ0) is 29.8. The highest BCUT2D eigenvalue weighted by Gasteiger charge is 2.45. The van der Waals surface area contributed by atoms with Gasteiger partial charge in [-0.05, 0) is 64.5 Å². The van der Waals surface area contributed by atoms with Gasteiger partial charge in [-0.1, -0.05) is 16.4 Å². The topological polar surface area (TPSA) is 209 Å². The molecule has 2 atom stereocenters. The van der Waals surface area contributed by atoms with Crippen LogP contribution in [0.15, 0.2) is 24.3 Å². The number of benzene rings is 1. The molecule has 216 valence electrons. The van der Waals surface area contributed by atoms with Crippen LogP contribution in [0.5, 0.6) is 0 Å². The van der Waals surface area contributed by atoms with Crippen molar-refractivity contribution in [2.24, 2.45) is 16.6 Å². The van der Waals surface area contributed by atoms with Crippen LogP contribution < -0.4 is 5.73 Å². The number of methoxy groups -OCH3 is 1. The van der Waals surface area contributed by atoms with E-state index in [4.69, 9.17) is 42.4 Å². The lowest BCUT2D eigenvalue weighted by molar-refractivity contribution is -0.168. The van der Waals surface area contributed by atoms with Crippen LogP contribution >= 0.6 is 12.2 Å². The Morgan fingerprint density at radius 2 is 1.85 bits per heavy atom. The molecule has 0 aliphatic carbocycles. The number of aliphatic hydroxyl groups excluding tert-OH is 1. The number of carboxylic acid groups (broad SMARTS) is 1. The molecule has 15 heteroatoms. The van der Waals surface area contributed by atoms with Crippen LogP contribution in [0.4, 0.5) is 0 Å². The summed E-state index contributed by atoms with van der Waals surface area (Å²) in [7, 11) is 1.47. The molecule has 0 aliphatic heterocycles. The van der Waals surface area contributed by atoms with E-state index in [0.717, 1.165) is 0 Å². The smallest absolute Gasteiger partial charge is 0.335 e. The fourth-order valence-corrected chi connectivity index (χ4v) is 3.74. The monoisotopic (exact) mass is 569 g/mol. The summed E-state index contributed by atoms with van der Waals surface area (Å²) in [6, 6.07) is 6.32. The van der Waals surface area contributed by atoms with Gasteiger partial charge in [0.2, 0.25) is 10.7 Å². The van der Waals surface area contributed by atoms with E-state index >= 15 is 0 Å². The number of amides is 1. The number of carbonyl (C=O) groups is 4. The SMILES string of the molecule is COCCOC(=O)C(C)(CC(N)=O)CC(C)(C)C(=O)OC(C)CO.O=C(O)c1cccc(-n2[nH]nnc2=S)c1. The van der Waals surface area contributed by atoms with Gasteiger partial charge >= 0.3 is 17.9 Å². The molecule has 2 aromatic rings. The number of esters is 2. The van der Waals surface area contributed by atoms with Crippen molar-refractivity contribution in [1.29, 1.82) is 0 Å². The highest BCUT2D eigenvalue weighted by molar-refractivity contribution is 7.71. The van der Waals surface area contributed by atoms with Crippen LogP contribution in [-0.2, 0) is 28.6 Å².